The van der Waals surface area contributed by atoms with Crippen molar-refractivity contribution in [2.45, 2.75) is 25.3 Å². The Balaban J connectivity index is 1.78. The minimum Gasteiger partial charge on any atom is -0.467 e. The number of nitrogens with zero attached hydrogens (tertiary/aromatic N) is 1. The van der Waals surface area contributed by atoms with Crippen molar-refractivity contribution in [3.05, 3.63) is 59.7 Å². The van der Waals surface area contributed by atoms with Gasteiger partial charge < -0.3 is 20.7 Å². The van der Waals surface area contributed by atoms with Crippen molar-refractivity contribution in [1.82, 2.24) is 4.90 Å². The Morgan fingerprint density at radius 1 is 1.11 bits per heavy atom. The topological polar surface area (TPSA) is 102 Å². The maximum atomic E-state index is 13.0. The lowest BCUT2D eigenvalue weighted by molar-refractivity contribution is -0.147. The number of methoxy groups -OCH3 is 1. The molecular formula is C21H23N3O4. The number of piperidine rings is 1. The van der Waals surface area contributed by atoms with Crippen LogP contribution in [0.4, 0.5) is 11.4 Å². The van der Waals surface area contributed by atoms with Crippen LogP contribution in [0.3, 0.4) is 0 Å². The lowest BCUT2D eigenvalue weighted by Gasteiger charge is -2.33. The van der Waals surface area contributed by atoms with E-state index in [9.17, 15) is 14.4 Å². The van der Waals surface area contributed by atoms with Gasteiger partial charge in [-0.3, -0.25) is 9.59 Å². The summed E-state index contributed by atoms with van der Waals surface area (Å²) >= 11 is 0. The van der Waals surface area contributed by atoms with Gasteiger partial charge in [-0.05, 0) is 49.6 Å². The van der Waals surface area contributed by atoms with E-state index >= 15 is 0 Å². The summed E-state index contributed by atoms with van der Waals surface area (Å²) in [7, 11) is 1.32. The van der Waals surface area contributed by atoms with Gasteiger partial charge in [-0.1, -0.05) is 18.2 Å². The van der Waals surface area contributed by atoms with E-state index in [0.29, 0.717) is 35.5 Å². The Bertz CT molecular complexity index is 897. The highest BCUT2D eigenvalue weighted by Crippen LogP contribution is 2.22. The van der Waals surface area contributed by atoms with E-state index < -0.39 is 12.0 Å². The first kappa shape index (κ1) is 19.4. The van der Waals surface area contributed by atoms with Crippen molar-refractivity contribution in [3.8, 4) is 0 Å². The van der Waals surface area contributed by atoms with E-state index in [1.165, 1.54) is 7.11 Å². The number of para-hydroxylation sites is 1. The molecule has 1 aliphatic heterocycles. The number of nitrogen functional groups attached to an aromatic ring is 1. The monoisotopic (exact) mass is 381 g/mol. The molecule has 28 heavy (non-hydrogen) atoms. The van der Waals surface area contributed by atoms with Crippen LogP contribution < -0.4 is 11.1 Å². The zero-order valence-corrected chi connectivity index (χ0v) is 15.7. The molecule has 3 N–H and O–H groups in total. The molecule has 0 aliphatic carbocycles. The lowest BCUT2D eigenvalue weighted by Crippen LogP contribution is -2.48. The molecule has 3 rings (SSSR count). The maximum Gasteiger partial charge on any atom is 0.328 e. The van der Waals surface area contributed by atoms with Crippen molar-refractivity contribution in [3.63, 3.8) is 0 Å². The van der Waals surface area contributed by atoms with Crippen LogP contribution in [0.2, 0.25) is 0 Å². The fourth-order valence-corrected chi connectivity index (χ4v) is 3.35. The summed E-state index contributed by atoms with van der Waals surface area (Å²) in [6, 6.07) is 12.8. The predicted octanol–water partition coefficient (Wildman–Crippen LogP) is 2.69. The van der Waals surface area contributed by atoms with E-state index in [4.69, 9.17) is 10.5 Å². The quantitative estimate of drug-likeness (QED) is 0.626. The average molecular weight is 381 g/mol. The van der Waals surface area contributed by atoms with Crippen LogP contribution in [0.15, 0.2) is 48.5 Å². The van der Waals surface area contributed by atoms with Crippen LogP contribution in [0.1, 0.15) is 40.0 Å². The number of rotatable bonds is 4. The SMILES string of the molecule is COC(=O)C1CCCCN1C(=O)c1cccc(NC(=O)c2ccccc2N)c1. The highest BCUT2D eigenvalue weighted by Gasteiger charge is 2.33. The number of likely N-dealkylation sites (tertiary alicyclic amines) is 1. The number of carbonyl (C=O) groups excluding carboxylic acids is 3. The Kier molecular flexibility index (Phi) is 5.93. The summed E-state index contributed by atoms with van der Waals surface area (Å²) in [5.41, 5.74) is 7.46. The highest BCUT2D eigenvalue weighted by molar-refractivity contribution is 6.08. The number of esters is 1. The van der Waals surface area contributed by atoms with Gasteiger partial charge in [0.15, 0.2) is 0 Å². The van der Waals surface area contributed by atoms with E-state index in [-0.39, 0.29) is 11.8 Å². The largest absolute Gasteiger partial charge is 0.467 e. The van der Waals surface area contributed by atoms with E-state index in [1.54, 1.807) is 53.4 Å². The first-order chi connectivity index (χ1) is 13.5. The Labute approximate surface area is 163 Å². The molecule has 0 saturated carbocycles. The lowest BCUT2D eigenvalue weighted by atomic mass is 10.0. The molecule has 0 bridgehead atoms. The molecule has 2 aromatic carbocycles. The summed E-state index contributed by atoms with van der Waals surface area (Å²) in [5.74, 6) is -1.02. The van der Waals surface area contributed by atoms with Gasteiger partial charge in [0.05, 0.1) is 12.7 Å². The second-order valence-electron chi connectivity index (χ2n) is 6.66. The minimum atomic E-state index is -0.575. The number of hydrogen-bond acceptors (Lipinski definition) is 5. The van der Waals surface area contributed by atoms with Crippen molar-refractivity contribution in [2.24, 2.45) is 0 Å². The number of anilines is 2. The molecule has 2 amide bonds. The van der Waals surface area contributed by atoms with Gasteiger partial charge >= 0.3 is 5.97 Å². The van der Waals surface area contributed by atoms with Crippen LogP contribution >= 0.6 is 0 Å². The number of nitrogens with two attached hydrogens (primary N) is 1. The van der Waals surface area contributed by atoms with E-state index in [2.05, 4.69) is 5.32 Å². The van der Waals surface area contributed by atoms with Crippen LogP contribution in [-0.4, -0.2) is 42.4 Å². The zero-order valence-electron chi connectivity index (χ0n) is 15.7. The first-order valence-electron chi connectivity index (χ1n) is 9.16. The number of nitrogens with one attached hydrogen (secondary N) is 1. The molecule has 1 aliphatic rings. The van der Waals surface area contributed by atoms with Gasteiger partial charge in [0, 0.05) is 23.5 Å². The third-order valence-electron chi connectivity index (χ3n) is 4.81. The Morgan fingerprint density at radius 2 is 1.89 bits per heavy atom. The average Bonchev–Trinajstić information content (AvgIpc) is 2.73. The first-order valence-corrected chi connectivity index (χ1v) is 9.16. The molecule has 0 spiro atoms. The van der Waals surface area contributed by atoms with Gasteiger partial charge in [0.2, 0.25) is 0 Å². The van der Waals surface area contributed by atoms with Gasteiger partial charge in [-0.25, -0.2) is 4.79 Å². The fourth-order valence-electron chi connectivity index (χ4n) is 3.35. The molecule has 7 heteroatoms. The van der Waals surface area contributed by atoms with Crippen LogP contribution in [0, 0.1) is 0 Å². The van der Waals surface area contributed by atoms with Crippen molar-refractivity contribution >= 4 is 29.2 Å². The minimum absolute atomic E-state index is 0.259. The summed E-state index contributed by atoms with van der Waals surface area (Å²) in [6.07, 6.45) is 2.29. The number of amides is 2. The molecule has 0 aromatic heterocycles. The molecule has 1 atom stereocenters. The maximum absolute atomic E-state index is 13.0. The summed E-state index contributed by atoms with van der Waals surface area (Å²) in [4.78, 5) is 39.0. The van der Waals surface area contributed by atoms with Crippen LogP contribution in [-0.2, 0) is 9.53 Å². The predicted molar refractivity (Wildman–Crippen MR) is 106 cm³/mol. The Hall–Kier alpha value is -3.35. The molecule has 146 valence electrons. The third kappa shape index (κ3) is 4.14. The molecule has 0 radical (unpaired) electrons. The Morgan fingerprint density at radius 3 is 2.64 bits per heavy atom. The summed E-state index contributed by atoms with van der Waals surface area (Å²) in [6.45, 7) is 0.496. The summed E-state index contributed by atoms with van der Waals surface area (Å²) in [5, 5.41) is 2.76. The van der Waals surface area contributed by atoms with Crippen molar-refractivity contribution in [1.29, 1.82) is 0 Å². The second-order valence-corrected chi connectivity index (χ2v) is 6.66. The van der Waals surface area contributed by atoms with Crippen LogP contribution in [0.25, 0.3) is 0 Å². The molecule has 1 saturated heterocycles. The van der Waals surface area contributed by atoms with Gasteiger partial charge in [0.25, 0.3) is 11.8 Å². The fraction of sp³-hybridized carbons (Fsp3) is 0.286. The molecule has 1 unspecified atom stereocenters. The standard InChI is InChI=1S/C21H23N3O4/c1-28-21(27)18-11-4-5-12-24(18)20(26)14-7-6-8-15(13-14)23-19(25)16-9-2-3-10-17(16)22/h2-3,6-10,13,18H,4-5,11-12,22H2,1H3,(H,23,25). The number of carbonyl (C=O) groups is 3. The van der Waals surface area contributed by atoms with Crippen molar-refractivity contribution < 1.29 is 19.1 Å². The normalized spacial score (nSPS) is 16.3. The molecule has 1 heterocycles. The number of benzene rings is 2. The highest BCUT2D eigenvalue weighted by atomic mass is 16.5. The van der Waals surface area contributed by atoms with E-state index in [1.807, 2.05) is 0 Å². The van der Waals surface area contributed by atoms with Crippen LogP contribution in [0.5, 0.6) is 0 Å². The van der Waals surface area contributed by atoms with Crippen molar-refractivity contribution in [2.75, 3.05) is 24.7 Å². The molecule has 1 fully saturated rings. The summed E-state index contributed by atoms with van der Waals surface area (Å²) < 4.78 is 4.84. The number of ether oxygens (including phenoxy) is 1. The molecule has 2 aromatic rings. The van der Waals surface area contributed by atoms with Gasteiger partial charge in [-0.15, -0.1) is 0 Å². The third-order valence-corrected chi connectivity index (χ3v) is 4.81. The smallest absolute Gasteiger partial charge is 0.328 e. The number of hydrogen-bond donors (Lipinski definition) is 2. The van der Waals surface area contributed by atoms with E-state index in [0.717, 1.165) is 12.8 Å². The van der Waals surface area contributed by atoms with Gasteiger partial charge in [0.1, 0.15) is 6.04 Å². The molecular weight excluding hydrogens is 358 g/mol. The molecule has 7 nitrogen and oxygen atoms in total. The zero-order chi connectivity index (χ0) is 20.1. The second kappa shape index (κ2) is 8.56. The van der Waals surface area contributed by atoms with Gasteiger partial charge in [-0.2, -0.15) is 0 Å².